The molecule has 1 aromatic carbocycles. The Kier molecular flexibility index (Phi) is 5.76. The predicted molar refractivity (Wildman–Crippen MR) is 117 cm³/mol. The fraction of sp³-hybridized carbons (Fsp3) is 0.571. The molecule has 1 atom stereocenters. The first kappa shape index (κ1) is 22.5. The van der Waals surface area contributed by atoms with E-state index in [1.165, 1.54) is 11.5 Å². The molecule has 0 bridgehead atoms. The quantitative estimate of drug-likeness (QED) is 0.605. The maximum atomic E-state index is 14.4. The molecule has 1 unspecified atom stereocenters. The Morgan fingerprint density at radius 1 is 1.06 bits per heavy atom. The highest BCUT2D eigenvalue weighted by Gasteiger charge is 2.39. The lowest BCUT2D eigenvalue weighted by Gasteiger charge is -2.36. The van der Waals surface area contributed by atoms with Gasteiger partial charge in [0.1, 0.15) is 16.5 Å². The van der Waals surface area contributed by atoms with Gasteiger partial charge in [-0.05, 0) is 31.7 Å². The zero-order chi connectivity index (χ0) is 23.3. The molecular formula is C21H24F2N4O4S2. The first-order valence-corrected chi connectivity index (χ1v) is 13.6. The van der Waals surface area contributed by atoms with E-state index in [1.807, 2.05) is 0 Å². The van der Waals surface area contributed by atoms with Crippen molar-refractivity contribution in [1.29, 1.82) is 0 Å². The van der Waals surface area contributed by atoms with Crippen LogP contribution in [0.3, 0.4) is 0 Å². The first-order valence-electron chi connectivity index (χ1n) is 11.0. The van der Waals surface area contributed by atoms with E-state index in [9.17, 15) is 22.0 Å². The third kappa shape index (κ3) is 4.54. The first-order chi connectivity index (χ1) is 15.7. The lowest BCUT2D eigenvalue weighted by atomic mass is 10.0. The Morgan fingerprint density at radius 3 is 2.45 bits per heavy atom. The number of nitrogens with zero attached hydrogens (tertiary/aromatic N) is 4. The highest BCUT2D eigenvalue weighted by Crippen LogP contribution is 2.40. The van der Waals surface area contributed by atoms with E-state index < -0.39 is 38.2 Å². The van der Waals surface area contributed by atoms with Gasteiger partial charge >= 0.3 is 0 Å². The van der Waals surface area contributed by atoms with Crippen molar-refractivity contribution in [2.75, 3.05) is 30.8 Å². The largest absolute Gasteiger partial charge is 0.477 e. The SMILES string of the molecule is CS(=O)(=O)c1cc(F)c(OC2CCN(C3CCN(c4nc(C5CC5)ns4)CC3)C2=O)cc1F. The zero-order valence-electron chi connectivity index (χ0n) is 18.0. The van der Waals surface area contributed by atoms with Crippen molar-refractivity contribution in [1.82, 2.24) is 14.3 Å². The number of carbonyl (C=O) groups excluding carboxylic acids is 1. The molecule has 33 heavy (non-hydrogen) atoms. The van der Waals surface area contributed by atoms with Gasteiger partial charge in [0.15, 0.2) is 27.5 Å². The van der Waals surface area contributed by atoms with E-state index in [0.717, 1.165) is 56.0 Å². The molecule has 178 valence electrons. The lowest BCUT2D eigenvalue weighted by Crippen LogP contribution is -2.47. The van der Waals surface area contributed by atoms with Gasteiger partial charge in [0.2, 0.25) is 5.13 Å². The summed E-state index contributed by atoms with van der Waals surface area (Å²) >= 11 is 1.43. The average Bonchev–Trinajstić information content (AvgIpc) is 3.39. The lowest BCUT2D eigenvalue weighted by molar-refractivity contribution is -0.135. The molecule has 2 aliphatic heterocycles. The summed E-state index contributed by atoms with van der Waals surface area (Å²) in [6.45, 7) is 2.02. The standard InChI is InChI=1S/C21H24F2N4O4S2/c1-33(29,30)18-11-14(22)17(10-15(18)23)31-16-6-9-27(20(16)28)13-4-7-26(8-5-13)21-24-19(25-32-21)12-2-3-12/h10-13,16H,2-9H2,1H3. The number of anilines is 1. The van der Waals surface area contributed by atoms with E-state index in [1.54, 1.807) is 4.90 Å². The summed E-state index contributed by atoms with van der Waals surface area (Å²) in [4.78, 5) is 20.8. The number of likely N-dealkylation sites (tertiary alicyclic amines) is 1. The predicted octanol–water partition coefficient (Wildman–Crippen LogP) is 2.75. The van der Waals surface area contributed by atoms with Crippen LogP contribution in [0.25, 0.3) is 0 Å². The van der Waals surface area contributed by atoms with Gasteiger partial charge in [-0.3, -0.25) is 4.79 Å². The van der Waals surface area contributed by atoms with Gasteiger partial charge in [-0.25, -0.2) is 22.2 Å². The molecule has 2 aromatic rings. The van der Waals surface area contributed by atoms with Crippen LogP contribution in [0.5, 0.6) is 5.75 Å². The molecule has 3 fully saturated rings. The van der Waals surface area contributed by atoms with Crippen LogP contribution in [0, 0.1) is 11.6 Å². The van der Waals surface area contributed by atoms with Gasteiger partial charge in [0, 0.05) is 61.9 Å². The van der Waals surface area contributed by atoms with Crippen LogP contribution in [0.4, 0.5) is 13.9 Å². The van der Waals surface area contributed by atoms with Crippen molar-refractivity contribution in [3.8, 4) is 5.75 Å². The van der Waals surface area contributed by atoms with E-state index in [4.69, 9.17) is 4.74 Å². The van der Waals surface area contributed by atoms with Crippen molar-refractivity contribution in [3.05, 3.63) is 29.6 Å². The number of carbonyl (C=O) groups is 1. The third-order valence-corrected chi connectivity index (χ3v) is 8.30. The molecule has 3 heterocycles. The molecular weight excluding hydrogens is 474 g/mol. The van der Waals surface area contributed by atoms with Crippen LogP contribution >= 0.6 is 11.5 Å². The van der Waals surface area contributed by atoms with Crippen molar-refractivity contribution in [2.24, 2.45) is 0 Å². The van der Waals surface area contributed by atoms with Gasteiger partial charge < -0.3 is 14.5 Å². The molecule has 5 rings (SSSR count). The van der Waals surface area contributed by atoms with E-state index in [0.29, 0.717) is 31.0 Å². The number of ether oxygens (including phenoxy) is 1. The fourth-order valence-corrected chi connectivity index (χ4v) is 5.94. The summed E-state index contributed by atoms with van der Waals surface area (Å²) in [6.07, 6.45) is 4.12. The van der Waals surface area contributed by atoms with Gasteiger partial charge in [-0.1, -0.05) is 0 Å². The summed E-state index contributed by atoms with van der Waals surface area (Å²) in [5.41, 5.74) is 0. The molecule has 1 aliphatic carbocycles. The fourth-order valence-electron chi connectivity index (χ4n) is 4.42. The van der Waals surface area contributed by atoms with E-state index in [2.05, 4.69) is 14.3 Å². The summed E-state index contributed by atoms with van der Waals surface area (Å²) in [6, 6.07) is 1.33. The van der Waals surface area contributed by atoms with E-state index >= 15 is 0 Å². The monoisotopic (exact) mass is 498 g/mol. The van der Waals surface area contributed by atoms with Crippen LogP contribution in [0.15, 0.2) is 17.0 Å². The number of piperidine rings is 1. The number of sulfone groups is 1. The number of amides is 1. The van der Waals surface area contributed by atoms with Crippen LogP contribution in [0.1, 0.15) is 43.8 Å². The molecule has 0 N–H and O–H groups in total. The Bertz CT molecular complexity index is 1180. The molecule has 0 spiro atoms. The summed E-state index contributed by atoms with van der Waals surface area (Å²) < 4.78 is 61.6. The molecule has 1 saturated carbocycles. The highest BCUT2D eigenvalue weighted by molar-refractivity contribution is 7.90. The Hall–Kier alpha value is -2.34. The second-order valence-electron chi connectivity index (χ2n) is 8.84. The minimum Gasteiger partial charge on any atom is -0.477 e. The molecule has 0 radical (unpaired) electrons. The van der Waals surface area contributed by atoms with Crippen LogP contribution in [-0.4, -0.2) is 66.6 Å². The Labute approximate surface area is 194 Å². The van der Waals surface area contributed by atoms with Crippen molar-refractivity contribution < 1.29 is 26.7 Å². The maximum Gasteiger partial charge on any atom is 0.263 e. The molecule has 1 aromatic heterocycles. The minimum absolute atomic E-state index is 0.0485. The minimum atomic E-state index is -3.92. The normalized spacial score (nSPS) is 22.3. The maximum absolute atomic E-state index is 14.4. The smallest absolute Gasteiger partial charge is 0.263 e. The molecule has 3 aliphatic rings. The Morgan fingerprint density at radius 2 is 1.79 bits per heavy atom. The van der Waals surface area contributed by atoms with Gasteiger partial charge in [0.25, 0.3) is 5.91 Å². The number of rotatable bonds is 6. The topological polar surface area (TPSA) is 92.7 Å². The van der Waals surface area contributed by atoms with E-state index in [-0.39, 0.29) is 11.9 Å². The highest BCUT2D eigenvalue weighted by atomic mass is 32.2. The number of halogens is 2. The zero-order valence-corrected chi connectivity index (χ0v) is 19.7. The third-order valence-electron chi connectivity index (χ3n) is 6.40. The number of benzene rings is 1. The van der Waals surface area contributed by atoms with Crippen molar-refractivity contribution >= 4 is 32.4 Å². The van der Waals surface area contributed by atoms with Crippen LogP contribution in [0.2, 0.25) is 0 Å². The van der Waals surface area contributed by atoms with Gasteiger partial charge in [-0.15, -0.1) is 0 Å². The molecule has 2 saturated heterocycles. The summed E-state index contributed by atoms with van der Waals surface area (Å²) in [5, 5.41) is 0.930. The second-order valence-corrected chi connectivity index (χ2v) is 11.6. The molecule has 12 heteroatoms. The average molecular weight is 499 g/mol. The van der Waals surface area contributed by atoms with Gasteiger partial charge in [0.05, 0.1) is 0 Å². The second kappa shape index (κ2) is 8.46. The number of hydrogen-bond donors (Lipinski definition) is 0. The number of aromatic nitrogens is 2. The van der Waals surface area contributed by atoms with Gasteiger partial charge in [-0.2, -0.15) is 4.37 Å². The van der Waals surface area contributed by atoms with Crippen LogP contribution < -0.4 is 9.64 Å². The summed E-state index contributed by atoms with van der Waals surface area (Å²) in [7, 11) is -3.92. The Balaban J connectivity index is 1.20. The molecule has 1 amide bonds. The molecule has 8 nitrogen and oxygen atoms in total. The van der Waals surface area contributed by atoms with Crippen molar-refractivity contribution in [2.45, 2.75) is 55.1 Å². The van der Waals surface area contributed by atoms with Crippen LogP contribution in [-0.2, 0) is 14.6 Å². The summed E-state index contributed by atoms with van der Waals surface area (Å²) in [5.74, 6) is -1.37. The van der Waals surface area contributed by atoms with Crippen molar-refractivity contribution in [3.63, 3.8) is 0 Å². The number of hydrogen-bond acceptors (Lipinski definition) is 8.